The Morgan fingerprint density at radius 3 is 2.42 bits per heavy atom. The zero-order valence-corrected chi connectivity index (χ0v) is 13.8. The summed E-state index contributed by atoms with van der Waals surface area (Å²) >= 11 is 1.50. The Balaban J connectivity index is 2.20. The van der Waals surface area contributed by atoms with E-state index >= 15 is 0 Å². The number of anilines is 1. The first-order valence-electron chi connectivity index (χ1n) is 6.88. The molecule has 0 aliphatic carbocycles. The number of hydrogen-bond acceptors (Lipinski definition) is 4. The summed E-state index contributed by atoms with van der Waals surface area (Å²) in [5.74, 6) is -1.60. The van der Waals surface area contributed by atoms with Crippen molar-refractivity contribution in [3.63, 3.8) is 0 Å². The molecule has 5 nitrogen and oxygen atoms in total. The van der Waals surface area contributed by atoms with Gasteiger partial charge >= 0.3 is 6.18 Å². The van der Waals surface area contributed by atoms with Crippen LogP contribution < -0.4 is 5.32 Å². The zero-order chi connectivity index (χ0) is 18.0. The summed E-state index contributed by atoms with van der Waals surface area (Å²) < 4.78 is 41.1. The molecule has 1 atom stereocenters. The van der Waals surface area contributed by atoms with E-state index in [2.05, 4.69) is 10.3 Å². The third kappa shape index (κ3) is 3.73. The summed E-state index contributed by atoms with van der Waals surface area (Å²) in [7, 11) is 1.32. The number of aliphatic hydroxyl groups is 1. The lowest BCUT2D eigenvalue weighted by Gasteiger charge is -2.29. The number of nitrogens with one attached hydrogen (secondary N) is 1. The van der Waals surface area contributed by atoms with Crippen molar-refractivity contribution in [2.24, 2.45) is 7.05 Å². The number of hydrogen-bond donors (Lipinski definition) is 2. The van der Waals surface area contributed by atoms with Crippen molar-refractivity contribution in [2.45, 2.75) is 23.1 Å². The van der Waals surface area contributed by atoms with Crippen LogP contribution in [0.3, 0.4) is 0 Å². The van der Waals surface area contributed by atoms with Crippen LogP contribution in [0.2, 0.25) is 0 Å². The van der Waals surface area contributed by atoms with Crippen LogP contribution in [0.15, 0.2) is 41.6 Å². The van der Waals surface area contributed by atoms with Gasteiger partial charge in [-0.3, -0.25) is 4.79 Å². The summed E-state index contributed by atoms with van der Waals surface area (Å²) in [6.45, 7) is 0. The first-order valence-corrected chi connectivity index (χ1v) is 8.10. The molecule has 1 amide bonds. The molecular formula is C15H16F3N3O2S. The SMILES string of the molecule is CSc1ccc(NC(=O)CC(O)(c2nccn2C)C(F)(F)F)cc1. The molecule has 9 heteroatoms. The van der Waals surface area contributed by atoms with Gasteiger partial charge in [0, 0.05) is 30.0 Å². The molecule has 0 saturated heterocycles. The molecule has 130 valence electrons. The standard InChI is InChI=1S/C15H16F3N3O2S/c1-21-8-7-19-13(21)14(23,15(16,17)18)9-12(22)20-10-3-5-11(24-2)6-4-10/h3-8,23H,9H2,1-2H3,(H,20,22). The van der Waals surface area contributed by atoms with Gasteiger partial charge in [0.2, 0.25) is 11.5 Å². The third-order valence-electron chi connectivity index (χ3n) is 3.45. The van der Waals surface area contributed by atoms with Gasteiger partial charge in [-0.2, -0.15) is 13.2 Å². The fourth-order valence-corrected chi connectivity index (χ4v) is 2.59. The van der Waals surface area contributed by atoms with Crippen LogP contribution in [0.1, 0.15) is 12.2 Å². The van der Waals surface area contributed by atoms with Gasteiger partial charge in [0.25, 0.3) is 0 Å². The number of imidazole rings is 1. The molecule has 1 aromatic carbocycles. The van der Waals surface area contributed by atoms with Crippen molar-refractivity contribution in [3.8, 4) is 0 Å². The van der Waals surface area contributed by atoms with Crippen molar-refractivity contribution in [1.82, 2.24) is 9.55 Å². The van der Waals surface area contributed by atoms with Gasteiger partial charge in [-0.15, -0.1) is 11.8 Å². The molecule has 24 heavy (non-hydrogen) atoms. The van der Waals surface area contributed by atoms with Crippen LogP contribution >= 0.6 is 11.8 Å². The fraction of sp³-hybridized carbons (Fsp3) is 0.333. The number of carbonyl (C=O) groups excluding carboxylic acids is 1. The maximum absolute atomic E-state index is 13.4. The Labute approximate surface area is 140 Å². The number of alkyl halides is 3. The summed E-state index contributed by atoms with van der Waals surface area (Å²) in [6.07, 6.45) is -1.96. The van der Waals surface area contributed by atoms with E-state index in [0.717, 1.165) is 15.7 Å². The quantitative estimate of drug-likeness (QED) is 0.806. The van der Waals surface area contributed by atoms with E-state index in [1.54, 1.807) is 24.3 Å². The Morgan fingerprint density at radius 2 is 1.96 bits per heavy atom. The smallest absolute Gasteiger partial charge is 0.374 e. The number of amides is 1. The van der Waals surface area contributed by atoms with Crippen molar-refractivity contribution >= 4 is 23.4 Å². The van der Waals surface area contributed by atoms with Crippen LogP contribution in [0, 0.1) is 0 Å². The lowest BCUT2D eigenvalue weighted by atomic mass is 9.97. The van der Waals surface area contributed by atoms with Gasteiger partial charge in [0.1, 0.15) is 0 Å². The molecule has 0 fully saturated rings. The highest BCUT2D eigenvalue weighted by atomic mass is 32.2. The predicted molar refractivity (Wildman–Crippen MR) is 84.6 cm³/mol. The van der Waals surface area contributed by atoms with Crippen LogP contribution in [-0.2, 0) is 17.4 Å². The second-order valence-electron chi connectivity index (χ2n) is 5.17. The second kappa shape index (κ2) is 6.86. The van der Waals surface area contributed by atoms with Gasteiger partial charge in [0.05, 0.1) is 6.42 Å². The summed E-state index contributed by atoms with van der Waals surface area (Å²) in [5, 5.41) is 12.5. The van der Waals surface area contributed by atoms with Crippen LogP contribution in [0.5, 0.6) is 0 Å². The highest BCUT2D eigenvalue weighted by molar-refractivity contribution is 7.98. The molecule has 2 aromatic rings. The number of halogens is 3. The normalized spacial score (nSPS) is 14.2. The van der Waals surface area contributed by atoms with Gasteiger partial charge < -0.3 is 15.0 Å². The van der Waals surface area contributed by atoms with Gasteiger partial charge in [0.15, 0.2) is 5.82 Å². The molecule has 1 aromatic heterocycles. The number of rotatable bonds is 5. The number of nitrogens with zero attached hydrogens (tertiary/aromatic N) is 2. The molecule has 0 bridgehead atoms. The van der Waals surface area contributed by atoms with Gasteiger partial charge in [-0.25, -0.2) is 4.98 Å². The van der Waals surface area contributed by atoms with Crippen molar-refractivity contribution in [1.29, 1.82) is 0 Å². The Bertz CT molecular complexity index is 715. The predicted octanol–water partition coefficient (Wildman–Crippen LogP) is 2.92. The van der Waals surface area contributed by atoms with E-state index in [4.69, 9.17) is 0 Å². The van der Waals surface area contributed by atoms with Crippen LogP contribution in [0.4, 0.5) is 18.9 Å². The molecule has 0 aliphatic rings. The number of benzene rings is 1. The average molecular weight is 359 g/mol. The molecule has 0 radical (unpaired) electrons. The van der Waals surface area contributed by atoms with E-state index in [9.17, 15) is 23.1 Å². The molecule has 0 saturated carbocycles. The zero-order valence-electron chi connectivity index (χ0n) is 13.0. The first-order chi connectivity index (χ1) is 11.2. The Kier molecular flexibility index (Phi) is 5.24. The molecule has 2 rings (SSSR count). The Hall–Kier alpha value is -2.00. The van der Waals surface area contributed by atoms with E-state index in [1.807, 2.05) is 6.26 Å². The maximum Gasteiger partial charge on any atom is 0.425 e. The van der Waals surface area contributed by atoms with E-state index in [0.29, 0.717) is 5.69 Å². The van der Waals surface area contributed by atoms with Crippen molar-refractivity contribution < 1.29 is 23.1 Å². The monoisotopic (exact) mass is 359 g/mol. The van der Waals surface area contributed by atoms with Crippen LogP contribution in [0.25, 0.3) is 0 Å². The summed E-state index contributed by atoms with van der Waals surface area (Å²) in [5.41, 5.74) is -3.02. The fourth-order valence-electron chi connectivity index (χ4n) is 2.18. The van der Waals surface area contributed by atoms with Gasteiger partial charge in [-0.05, 0) is 30.5 Å². The third-order valence-corrected chi connectivity index (χ3v) is 4.19. The maximum atomic E-state index is 13.4. The minimum atomic E-state index is -5.05. The number of aryl methyl sites for hydroxylation is 1. The number of carbonyl (C=O) groups is 1. The molecule has 0 aliphatic heterocycles. The molecule has 1 heterocycles. The minimum Gasteiger partial charge on any atom is -0.374 e. The number of aromatic nitrogens is 2. The molecule has 0 spiro atoms. The lowest BCUT2D eigenvalue weighted by Crippen LogP contribution is -2.46. The average Bonchev–Trinajstić information content (AvgIpc) is 2.93. The highest BCUT2D eigenvalue weighted by Crippen LogP contribution is 2.40. The van der Waals surface area contributed by atoms with Gasteiger partial charge in [-0.1, -0.05) is 0 Å². The van der Waals surface area contributed by atoms with E-state index < -0.39 is 29.9 Å². The summed E-state index contributed by atoms with van der Waals surface area (Å²) in [4.78, 5) is 16.5. The molecule has 2 N–H and O–H groups in total. The van der Waals surface area contributed by atoms with Crippen LogP contribution in [-0.4, -0.2) is 33.0 Å². The first kappa shape index (κ1) is 18.3. The molecular weight excluding hydrogens is 343 g/mol. The van der Waals surface area contributed by atoms with E-state index in [-0.39, 0.29) is 0 Å². The second-order valence-corrected chi connectivity index (χ2v) is 6.05. The Morgan fingerprint density at radius 1 is 1.33 bits per heavy atom. The highest BCUT2D eigenvalue weighted by Gasteiger charge is 2.58. The number of thioether (sulfide) groups is 1. The van der Waals surface area contributed by atoms with Crippen molar-refractivity contribution in [2.75, 3.05) is 11.6 Å². The van der Waals surface area contributed by atoms with E-state index in [1.165, 1.54) is 25.0 Å². The minimum absolute atomic E-state index is 0.349. The largest absolute Gasteiger partial charge is 0.425 e. The lowest BCUT2D eigenvalue weighted by molar-refractivity contribution is -0.270. The topological polar surface area (TPSA) is 67.2 Å². The molecule has 1 unspecified atom stereocenters. The van der Waals surface area contributed by atoms with Crippen molar-refractivity contribution in [3.05, 3.63) is 42.5 Å². The summed E-state index contributed by atoms with van der Waals surface area (Å²) in [6, 6.07) is 6.62.